The molecule has 14 heteroatoms. The van der Waals surface area contributed by atoms with Gasteiger partial charge < -0.3 is 31.1 Å². The Hall–Kier alpha value is -6.24. The third kappa shape index (κ3) is 11.7. The fraction of sp³-hybridized carbons (Fsp3) is 0.227. The van der Waals surface area contributed by atoms with E-state index in [4.69, 9.17) is 27.9 Å². The summed E-state index contributed by atoms with van der Waals surface area (Å²) >= 11 is 12.7. The molecule has 0 radical (unpaired) electrons. The number of nitrogens with zero attached hydrogens (tertiary/aromatic N) is 1. The molecule has 4 aromatic carbocycles. The number of carboxylic acid groups (broad SMARTS) is 1. The van der Waals surface area contributed by atoms with Gasteiger partial charge in [0.25, 0.3) is 5.91 Å². The van der Waals surface area contributed by atoms with Crippen molar-refractivity contribution in [3.8, 4) is 16.9 Å². The molecule has 2 aliphatic rings. The monoisotopic (exact) mass is 821 g/mol. The van der Waals surface area contributed by atoms with Crippen molar-refractivity contribution >= 4 is 52.8 Å². The van der Waals surface area contributed by atoms with Crippen molar-refractivity contribution in [3.63, 3.8) is 0 Å². The van der Waals surface area contributed by atoms with Gasteiger partial charge in [-0.25, -0.2) is 4.79 Å². The van der Waals surface area contributed by atoms with Crippen LogP contribution in [0.5, 0.6) is 5.75 Å². The number of carbonyl (C=O) groups is 5. The molecule has 0 fully saturated rings. The van der Waals surface area contributed by atoms with Gasteiger partial charge in [-0.3, -0.25) is 24.2 Å². The number of fused-ring (bicyclic) bond motifs is 16. The second-order valence-corrected chi connectivity index (χ2v) is 14.7. The second kappa shape index (κ2) is 19.8. The normalized spacial score (nSPS) is 19.3. The van der Waals surface area contributed by atoms with Crippen molar-refractivity contribution in [2.45, 2.75) is 56.3 Å². The molecule has 2 aliphatic heterocycles. The third-order valence-electron chi connectivity index (χ3n) is 9.68. The Morgan fingerprint density at radius 1 is 0.690 bits per heavy atom. The molecule has 0 unspecified atom stereocenters. The number of aliphatic carboxylic acids is 1. The van der Waals surface area contributed by atoms with Crippen LogP contribution in [0.15, 0.2) is 122 Å². The lowest BCUT2D eigenvalue weighted by atomic mass is 9.98. The fourth-order valence-electron chi connectivity index (χ4n) is 6.51. The summed E-state index contributed by atoms with van der Waals surface area (Å²) in [6.07, 6.45) is 3.60. The number of pyridine rings is 1. The van der Waals surface area contributed by atoms with Gasteiger partial charge in [-0.2, -0.15) is 0 Å². The van der Waals surface area contributed by atoms with Gasteiger partial charge in [0.1, 0.15) is 29.9 Å². The topological polar surface area (TPSA) is 176 Å². The number of hydrogen-bond acceptors (Lipinski definition) is 7. The van der Waals surface area contributed by atoms with Crippen molar-refractivity contribution in [2.24, 2.45) is 0 Å². The first-order valence-corrected chi connectivity index (χ1v) is 19.4. The molecule has 4 atom stereocenters. The molecule has 7 rings (SSSR count). The summed E-state index contributed by atoms with van der Waals surface area (Å²) in [5.41, 5.74) is 4.54. The maximum Gasteiger partial charge on any atom is 0.326 e. The number of hydrogen-bond donors (Lipinski definition) is 5. The number of halogens is 2. The Morgan fingerprint density at radius 2 is 1.33 bits per heavy atom. The Kier molecular flexibility index (Phi) is 14.1. The Labute approximate surface area is 345 Å². The van der Waals surface area contributed by atoms with Gasteiger partial charge in [0.05, 0.1) is 0 Å². The van der Waals surface area contributed by atoms with Crippen LogP contribution < -0.4 is 26.0 Å². The van der Waals surface area contributed by atoms with E-state index >= 15 is 0 Å². The standard InChI is InChI=1S/C44H41Cl2N5O7/c45-33-14-13-32(35(46)25-33)24-38-43(55)51-39(44(56)57)23-29-8-15-34(16-9-29)58-26-40(52)48-36(17-10-27-18-20-47-21-19-27)41(53)49-37(42(54)50-38)22-28-6-11-31(12-7-28)30-4-2-1-3-5-30/h1-9,11-16,18-21,25,36-39H,10,17,22-24,26H2,(H,48,52)(H,49,53)(H,50,54)(H,51,55)(H,56,57)/t36-,37+,38-,39-/m0/s1. The van der Waals surface area contributed by atoms with Gasteiger partial charge in [-0.15, -0.1) is 0 Å². The summed E-state index contributed by atoms with van der Waals surface area (Å²) in [4.78, 5) is 72.4. The highest BCUT2D eigenvalue weighted by Gasteiger charge is 2.32. The van der Waals surface area contributed by atoms with Crippen LogP contribution in [0.1, 0.15) is 28.7 Å². The summed E-state index contributed by atoms with van der Waals surface area (Å²) < 4.78 is 5.70. The van der Waals surface area contributed by atoms with Crippen LogP contribution in [-0.4, -0.2) is 70.5 Å². The van der Waals surface area contributed by atoms with E-state index in [1.165, 1.54) is 6.07 Å². The molecule has 4 amide bonds. The van der Waals surface area contributed by atoms with Gasteiger partial charge in [0.15, 0.2) is 6.61 Å². The predicted octanol–water partition coefficient (Wildman–Crippen LogP) is 5.13. The van der Waals surface area contributed by atoms with E-state index in [0.717, 1.165) is 16.7 Å². The largest absolute Gasteiger partial charge is 0.484 e. The molecule has 3 heterocycles. The fourth-order valence-corrected chi connectivity index (χ4v) is 7.00. The van der Waals surface area contributed by atoms with Crippen molar-refractivity contribution in [3.05, 3.63) is 154 Å². The van der Waals surface area contributed by atoms with E-state index in [-0.39, 0.29) is 30.7 Å². The molecule has 58 heavy (non-hydrogen) atoms. The predicted molar refractivity (Wildman–Crippen MR) is 219 cm³/mol. The van der Waals surface area contributed by atoms with E-state index in [9.17, 15) is 29.1 Å². The van der Waals surface area contributed by atoms with E-state index in [0.29, 0.717) is 33.9 Å². The van der Waals surface area contributed by atoms with Crippen LogP contribution >= 0.6 is 23.2 Å². The van der Waals surface area contributed by atoms with Crippen molar-refractivity contribution in [1.82, 2.24) is 26.3 Å². The summed E-state index contributed by atoms with van der Waals surface area (Å²) in [6, 6.07) is 26.9. The van der Waals surface area contributed by atoms with Crippen LogP contribution in [0.4, 0.5) is 0 Å². The zero-order chi connectivity index (χ0) is 41.0. The minimum Gasteiger partial charge on any atom is -0.484 e. The van der Waals surface area contributed by atoms with Gasteiger partial charge in [-0.1, -0.05) is 96.0 Å². The average Bonchev–Trinajstić information content (AvgIpc) is 3.22. The first-order chi connectivity index (χ1) is 28.0. The van der Waals surface area contributed by atoms with Crippen molar-refractivity contribution in [1.29, 1.82) is 0 Å². The molecule has 0 spiro atoms. The summed E-state index contributed by atoms with van der Waals surface area (Å²) in [5.74, 6) is -3.70. The maximum atomic E-state index is 14.4. The minimum atomic E-state index is -1.38. The van der Waals surface area contributed by atoms with Gasteiger partial charge in [-0.05, 0) is 82.6 Å². The number of aromatic nitrogens is 1. The highest BCUT2D eigenvalue weighted by molar-refractivity contribution is 6.35. The zero-order valence-corrected chi connectivity index (χ0v) is 32.7. The molecular formula is C44H41Cl2N5O7. The molecule has 12 nitrogen and oxygen atoms in total. The smallest absolute Gasteiger partial charge is 0.326 e. The first-order valence-electron chi connectivity index (χ1n) is 18.6. The Morgan fingerprint density at radius 3 is 2.00 bits per heavy atom. The van der Waals surface area contributed by atoms with Crippen LogP contribution in [0.2, 0.25) is 10.0 Å². The highest BCUT2D eigenvalue weighted by atomic mass is 35.5. The van der Waals surface area contributed by atoms with E-state index in [1.54, 1.807) is 60.9 Å². The quantitative estimate of drug-likeness (QED) is 0.127. The lowest BCUT2D eigenvalue weighted by molar-refractivity contribution is -0.142. The van der Waals surface area contributed by atoms with Crippen LogP contribution in [0, 0.1) is 0 Å². The number of ether oxygens (including phenoxy) is 1. The molecule has 1 aromatic heterocycles. The molecule has 0 aliphatic carbocycles. The molecular weight excluding hydrogens is 781 g/mol. The maximum absolute atomic E-state index is 14.4. The molecule has 5 aromatic rings. The number of amides is 4. The number of nitrogens with one attached hydrogen (secondary N) is 4. The number of benzene rings is 4. The minimum absolute atomic E-state index is 0.00252. The first kappa shape index (κ1) is 41.4. The molecule has 298 valence electrons. The van der Waals surface area contributed by atoms with E-state index < -0.39 is 60.4 Å². The van der Waals surface area contributed by atoms with Crippen molar-refractivity contribution < 1.29 is 33.8 Å². The summed E-state index contributed by atoms with van der Waals surface area (Å²) in [6.45, 7) is -0.418. The molecule has 0 saturated heterocycles. The van der Waals surface area contributed by atoms with E-state index in [2.05, 4.69) is 26.3 Å². The van der Waals surface area contributed by atoms with Gasteiger partial charge in [0.2, 0.25) is 17.7 Å². The Bertz CT molecular complexity index is 2230. The SMILES string of the molecule is O=C1COc2ccc(cc2)C[C@@H](C(=O)O)NC(=O)[C@H](Cc2ccc(Cl)cc2Cl)NC(=O)[C@@H](Cc2ccc(-c3ccccc3)cc2)NC(=O)[C@H](CCc2ccncc2)N1. The zero-order valence-electron chi connectivity index (χ0n) is 31.2. The van der Waals surface area contributed by atoms with Crippen LogP contribution in [-0.2, 0) is 49.7 Å². The highest BCUT2D eigenvalue weighted by Crippen LogP contribution is 2.23. The molecule has 0 saturated carbocycles. The number of carboxylic acids is 1. The third-order valence-corrected chi connectivity index (χ3v) is 10.3. The second-order valence-electron chi connectivity index (χ2n) is 13.9. The lowest BCUT2D eigenvalue weighted by Crippen LogP contribution is -2.59. The number of aryl methyl sites for hydroxylation is 1. The number of rotatable bonds is 9. The van der Waals surface area contributed by atoms with Gasteiger partial charge >= 0.3 is 5.97 Å². The van der Waals surface area contributed by atoms with Crippen molar-refractivity contribution in [2.75, 3.05) is 6.61 Å². The average molecular weight is 823 g/mol. The molecule has 2 bridgehead atoms. The van der Waals surface area contributed by atoms with Crippen LogP contribution in [0.3, 0.4) is 0 Å². The summed E-state index contributed by atoms with van der Waals surface area (Å²) in [7, 11) is 0. The van der Waals surface area contributed by atoms with E-state index in [1.807, 2.05) is 54.6 Å². The van der Waals surface area contributed by atoms with Gasteiger partial charge in [0, 0.05) is 41.7 Å². The Balaban J connectivity index is 1.35. The van der Waals surface area contributed by atoms with Crippen LogP contribution in [0.25, 0.3) is 11.1 Å². The summed E-state index contributed by atoms with van der Waals surface area (Å²) in [5, 5.41) is 21.7. The lowest BCUT2D eigenvalue weighted by Gasteiger charge is -2.26. The molecule has 5 N–H and O–H groups in total. The number of carbonyl (C=O) groups excluding carboxylic acids is 4.